The van der Waals surface area contributed by atoms with Gasteiger partial charge in [0.15, 0.2) is 5.69 Å². The molecule has 4 saturated carbocycles. The molecule has 100 heavy (non-hydrogen) atoms. The van der Waals surface area contributed by atoms with Gasteiger partial charge in [0.2, 0.25) is 17.7 Å². The Morgan fingerprint density at radius 1 is 0.620 bits per heavy atom. The van der Waals surface area contributed by atoms with Gasteiger partial charge in [-0.1, -0.05) is 19.9 Å². The number of hydrogen-bond donors (Lipinski definition) is 7. The first kappa shape index (κ1) is 79.5. The molecule has 1 unspecified atom stereocenters. The third-order valence-electron chi connectivity index (χ3n) is 19.8. The van der Waals surface area contributed by atoms with E-state index in [1.807, 2.05) is 33.0 Å². The largest absolute Gasteiger partial charge is 0.496 e. The number of carbonyl (C=O) groups excluding carboxylic acids is 5. The van der Waals surface area contributed by atoms with Crippen molar-refractivity contribution in [1.29, 1.82) is 0 Å². The van der Waals surface area contributed by atoms with Crippen molar-refractivity contribution in [2.45, 2.75) is 115 Å². The van der Waals surface area contributed by atoms with Crippen molar-refractivity contribution < 1.29 is 87.3 Å². The maximum absolute atomic E-state index is 14.5. The van der Waals surface area contributed by atoms with E-state index in [4.69, 9.17) is 28.8 Å². The fourth-order valence-electron chi connectivity index (χ4n) is 14.6. The Bertz CT molecular complexity index is 3160. The summed E-state index contributed by atoms with van der Waals surface area (Å²) in [6.45, 7) is 10.6. The fourth-order valence-corrected chi connectivity index (χ4v) is 14.6. The van der Waals surface area contributed by atoms with E-state index in [1.54, 1.807) is 87.8 Å². The first-order chi connectivity index (χ1) is 47.9. The van der Waals surface area contributed by atoms with E-state index in [0.29, 0.717) is 151 Å². The number of carbonyl (C=O) groups is 9. The van der Waals surface area contributed by atoms with Crippen LogP contribution in [0.1, 0.15) is 130 Å². The Hall–Kier alpha value is -7.80. The smallest absolute Gasteiger partial charge is 0.330 e. The predicted molar refractivity (Wildman–Crippen MR) is 370 cm³/mol. The normalized spacial score (nSPS) is 19.7. The summed E-state index contributed by atoms with van der Waals surface area (Å²) >= 11 is 0. The summed E-state index contributed by atoms with van der Waals surface area (Å²) in [4.78, 5) is 126. The maximum atomic E-state index is 14.5. The number of benzene rings is 2. The molecule has 8 rings (SSSR count). The van der Waals surface area contributed by atoms with Crippen LogP contribution in [0.5, 0.6) is 11.5 Å². The first-order valence-corrected chi connectivity index (χ1v) is 35.2. The summed E-state index contributed by atoms with van der Waals surface area (Å²) < 4.78 is 30.1. The number of nitrogens with zero attached hydrogens (tertiary/aromatic N) is 8. The van der Waals surface area contributed by atoms with Crippen LogP contribution in [0.25, 0.3) is 16.9 Å². The third kappa shape index (κ3) is 22.9. The summed E-state index contributed by atoms with van der Waals surface area (Å²) in [6.07, 6.45) is 6.94. The van der Waals surface area contributed by atoms with Crippen molar-refractivity contribution in [3.8, 4) is 28.4 Å². The monoisotopic (exact) mass is 1400 g/mol. The maximum Gasteiger partial charge on any atom is 0.330 e. The first-order valence-electron chi connectivity index (χ1n) is 35.2. The zero-order valence-electron chi connectivity index (χ0n) is 59.4. The zero-order chi connectivity index (χ0) is 72.5. The lowest BCUT2D eigenvalue weighted by Gasteiger charge is -2.59. The van der Waals surface area contributed by atoms with Crippen LogP contribution in [0.15, 0.2) is 42.5 Å². The van der Waals surface area contributed by atoms with E-state index in [2.05, 4.69) is 20.9 Å². The van der Waals surface area contributed by atoms with Crippen LogP contribution in [0, 0.1) is 23.7 Å². The minimum absolute atomic E-state index is 0.0254. The van der Waals surface area contributed by atoms with Crippen LogP contribution in [0.3, 0.4) is 0 Å². The van der Waals surface area contributed by atoms with Gasteiger partial charge in [0.1, 0.15) is 23.1 Å². The quantitative estimate of drug-likeness (QED) is 0.0392. The van der Waals surface area contributed by atoms with Crippen molar-refractivity contribution in [2.75, 3.05) is 167 Å². The second-order valence-corrected chi connectivity index (χ2v) is 27.3. The molecule has 1 atom stereocenters. The second kappa shape index (κ2) is 39.4. The van der Waals surface area contributed by atoms with Gasteiger partial charge in [-0.3, -0.25) is 53.1 Å². The van der Waals surface area contributed by atoms with Gasteiger partial charge in [-0.15, -0.1) is 0 Å². The molecule has 7 N–H and O–H groups in total. The number of hydrogen-bond acceptors (Lipinski definition) is 19. The standard InChI is InChI=1S/C71H107N11O18/c1-48(2)54-44-51(15-16-56(54)82-58(66-59(96-6)13-8-14-60(66)97-7)45-55(75-82)67(90)74-71(70(94)95)52-40-49-39-50(42-52)43-53(71)41-49)68(91)78(5)26-12-24-76(3)23-11-25-77(4)63(85)20-19-62(84)73-22-10-34-99-36-38-100-37-35-98-33-9-21-72-61(83)18-17-57(69(92)93)81-31-29-79(46-64(86)87)27-28-80(30-32-81)47-65(88)89/h8,13-16,44-45,48-50,52-53,57H,9-12,17-43,46-47H2,1-7H3,(H,72,83)(H,73,84)(H,74,90)(H,86,87)(H,88,89)(H,92,93)(H,94,95). The molecule has 2 heterocycles. The van der Waals surface area contributed by atoms with Crippen molar-refractivity contribution >= 4 is 53.4 Å². The van der Waals surface area contributed by atoms with Gasteiger partial charge >= 0.3 is 23.9 Å². The van der Waals surface area contributed by atoms with Gasteiger partial charge in [-0.2, -0.15) is 5.10 Å². The van der Waals surface area contributed by atoms with Gasteiger partial charge in [0, 0.05) is 118 Å². The third-order valence-corrected chi connectivity index (χ3v) is 19.8. The molecular formula is C71H107N11O18. The molecular weight excluding hydrogens is 1290 g/mol. The number of amides is 5. The van der Waals surface area contributed by atoms with E-state index >= 15 is 0 Å². The van der Waals surface area contributed by atoms with Crippen LogP contribution < -0.4 is 25.4 Å². The highest BCUT2D eigenvalue weighted by atomic mass is 16.5. The molecule has 5 fully saturated rings. The Labute approximate surface area is 586 Å². The van der Waals surface area contributed by atoms with Crippen LogP contribution >= 0.6 is 0 Å². The van der Waals surface area contributed by atoms with Crippen molar-refractivity contribution in [3.05, 3.63) is 59.3 Å². The van der Waals surface area contributed by atoms with E-state index in [9.17, 15) is 63.6 Å². The molecule has 554 valence electrons. The molecule has 3 aromatic rings. The molecule has 0 spiro atoms. The lowest BCUT2D eigenvalue weighted by Crippen LogP contribution is -2.70. The number of rotatable bonds is 43. The topological polar surface area (TPSA) is 354 Å². The molecule has 4 bridgehead atoms. The van der Waals surface area contributed by atoms with E-state index in [1.165, 1.54) is 0 Å². The molecule has 0 radical (unpaired) electrons. The Morgan fingerprint density at radius 3 is 1.65 bits per heavy atom. The average Bonchev–Trinajstić information content (AvgIpc) is 0.783. The number of carboxylic acids is 4. The Morgan fingerprint density at radius 2 is 1.14 bits per heavy atom. The Balaban J connectivity index is 0.727. The number of aliphatic carboxylic acids is 4. The lowest BCUT2D eigenvalue weighted by atomic mass is 9.48. The van der Waals surface area contributed by atoms with Crippen LogP contribution in [-0.4, -0.2) is 291 Å². The van der Waals surface area contributed by atoms with Crippen molar-refractivity contribution in [3.63, 3.8) is 0 Å². The number of carboxylic acid groups (broad SMARTS) is 4. The van der Waals surface area contributed by atoms with E-state index in [-0.39, 0.29) is 112 Å². The van der Waals surface area contributed by atoms with Gasteiger partial charge < -0.3 is 74.8 Å². The minimum atomic E-state index is -1.38. The summed E-state index contributed by atoms with van der Waals surface area (Å²) in [5.41, 5.74) is 1.63. The number of ether oxygens (including phenoxy) is 5. The molecule has 29 heteroatoms. The van der Waals surface area contributed by atoms with Crippen LogP contribution in [-0.2, 0) is 47.8 Å². The van der Waals surface area contributed by atoms with Crippen LogP contribution in [0.4, 0.5) is 0 Å². The second-order valence-electron chi connectivity index (χ2n) is 27.3. The Kier molecular flexibility index (Phi) is 31.3. The minimum Gasteiger partial charge on any atom is -0.496 e. The molecule has 1 aromatic heterocycles. The summed E-state index contributed by atoms with van der Waals surface area (Å²) in [5, 5.41) is 53.2. The van der Waals surface area contributed by atoms with Crippen molar-refractivity contribution in [2.24, 2.45) is 23.7 Å². The fraction of sp³-hybridized carbons (Fsp3) is 0.662. The lowest BCUT2D eigenvalue weighted by molar-refractivity contribution is -0.163. The van der Waals surface area contributed by atoms with Gasteiger partial charge in [-0.05, 0) is 156 Å². The molecule has 5 aliphatic rings. The van der Waals surface area contributed by atoms with Gasteiger partial charge in [-0.25, -0.2) is 9.48 Å². The SMILES string of the molecule is COc1cccc(OC)c1-c1cc(C(=O)NC2(C(=O)O)C3CC4CC(C3)CC2C4)nn1-c1ccc(C(=O)N(C)CCCN(C)CCCN(C)C(=O)CCC(=O)NCCCOCCOCCOCCCNC(=O)CCC(C(=O)O)N2CCN(CC(=O)O)CCN(CC(=O)O)CC2)cc1C(C)C. The predicted octanol–water partition coefficient (Wildman–Crippen LogP) is 4.10. The van der Waals surface area contributed by atoms with Gasteiger partial charge in [0.25, 0.3) is 11.8 Å². The number of aromatic nitrogens is 2. The molecule has 4 aliphatic carbocycles. The summed E-state index contributed by atoms with van der Waals surface area (Å²) in [5.74, 6) is -4.02. The highest BCUT2D eigenvalue weighted by molar-refractivity contribution is 5.99. The summed E-state index contributed by atoms with van der Waals surface area (Å²) in [6, 6.07) is 11.5. The number of nitrogens with one attached hydrogen (secondary N) is 3. The average molecular weight is 1400 g/mol. The molecule has 2 aromatic carbocycles. The number of methoxy groups -OCH3 is 2. The van der Waals surface area contributed by atoms with Crippen LogP contribution in [0.2, 0.25) is 0 Å². The summed E-state index contributed by atoms with van der Waals surface area (Å²) in [7, 11) is 8.62. The molecule has 5 amide bonds. The molecule has 1 saturated heterocycles. The van der Waals surface area contributed by atoms with Gasteiger partial charge in [0.05, 0.1) is 70.7 Å². The zero-order valence-corrected chi connectivity index (χ0v) is 59.4. The van der Waals surface area contributed by atoms with E-state index in [0.717, 1.165) is 50.6 Å². The molecule has 1 aliphatic heterocycles. The molecule has 29 nitrogen and oxygen atoms in total. The van der Waals surface area contributed by atoms with Crippen molar-refractivity contribution in [1.82, 2.24) is 55.1 Å². The van der Waals surface area contributed by atoms with E-state index < -0.39 is 41.4 Å². The highest BCUT2D eigenvalue weighted by Crippen LogP contribution is 2.58. The highest BCUT2D eigenvalue weighted by Gasteiger charge is 2.62.